The summed E-state index contributed by atoms with van der Waals surface area (Å²) in [5.74, 6) is 11.9. The molecule has 0 unspecified atom stereocenters. The minimum atomic E-state index is -0.276. The van der Waals surface area contributed by atoms with Gasteiger partial charge >= 0.3 is 5.97 Å². The Balaban J connectivity index is 1.22. The summed E-state index contributed by atoms with van der Waals surface area (Å²) in [6.45, 7) is 2.35. The van der Waals surface area contributed by atoms with E-state index in [0.717, 1.165) is 48.5 Å². The van der Waals surface area contributed by atoms with Crippen molar-refractivity contribution in [2.75, 3.05) is 24.7 Å². The molecular weight excluding hydrogens is 410 g/mol. The van der Waals surface area contributed by atoms with Gasteiger partial charge in [0.2, 0.25) is 5.91 Å². The Hall–Kier alpha value is -3.59. The fraction of sp³-hybridized carbons (Fsp3) is 0.348. The quantitative estimate of drug-likeness (QED) is 0.223. The summed E-state index contributed by atoms with van der Waals surface area (Å²) >= 11 is 0. The summed E-state index contributed by atoms with van der Waals surface area (Å²) in [7, 11) is 0. The topological polar surface area (TPSA) is 123 Å². The summed E-state index contributed by atoms with van der Waals surface area (Å²) in [6, 6.07) is 12.9. The lowest BCUT2D eigenvalue weighted by molar-refractivity contribution is -0.132. The molecule has 4 N–H and O–H groups in total. The van der Waals surface area contributed by atoms with Crippen molar-refractivity contribution in [1.82, 2.24) is 4.90 Å². The third kappa shape index (κ3) is 5.00. The van der Waals surface area contributed by atoms with Gasteiger partial charge in [-0.15, -0.1) is 0 Å². The molecule has 2 heterocycles. The second kappa shape index (κ2) is 9.69. The number of hydrogen-bond donors (Lipinski definition) is 2. The summed E-state index contributed by atoms with van der Waals surface area (Å²) in [5, 5.41) is 4.70. The maximum atomic E-state index is 12.7. The predicted molar refractivity (Wildman–Crippen MR) is 120 cm³/mol. The van der Waals surface area contributed by atoms with Crippen molar-refractivity contribution in [3.8, 4) is 5.75 Å². The van der Waals surface area contributed by atoms with E-state index in [1.54, 1.807) is 6.07 Å². The van der Waals surface area contributed by atoms with Gasteiger partial charge in [0.15, 0.2) is 0 Å². The van der Waals surface area contributed by atoms with Crippen molar-refractivity contribution in [1.29, 1.82) is 0 Å². The Morgan fingerprint density at radius 1 is 1.22 bits per heavy atom. The molecule has 2 aliphatic heterocycles. The lowest BCUT2D eigenvalue weighted by Crippen LogP contribution is -2.40. The summed E-state index contributed by atoms with van der Waals surface area (Å²) in [6.07, 6.45) is 3.47. The van der Waals surface area contributed by atoms with Crippen molar-refractivity contribution in [2.24, 2.45) is 22.7 Å². The lowest BCUT2D eigenvalue weighted by Gasteiger charge is -2.32. The van der Waals surface area contributed by atoms with E-state index < -0.39 is 0 Å². The van der Waals surface area contributed by atoms with E-state index in [-0.39, 0.29) is 11.9 Å². The molecule has 0 radical (unpaired) electrons. The van der Waals surface area contributed by atoms with E-state index in [1.165, 1.54) is 11.3 Å². The number of likely N-dealkylation sites (tertiary alicyclic amines) is 1. The molecule has 0 spiro atoms. The molecule has 1 saturated heterocycles. The summed E-state index contributed by atoms with van der Waals surface area (Å²) < 4.78 is 11.0. The van der Waals surface area contributed by atoms with E-state index >= 15 is 0 Å². The van der Waals surface area contributed by atoms with Crippen LogP contribution in [0.4, 0.5) is 5.69 Å². The monoisotopic (exact) mass is 437 g/mol. The fourth-order valence-corrected chi connectivity index (χ4v) is 3.97. The van der Waals surface area contributed by atoms with Gasteiger partial charge in [-0.25, -0.2) is 10.6 Å². The van der Waals surface area contributed by atoms with Crippen molar-refractivity contribution in [3.63, 3.8) is 0 Å². The van der Waals surface area contributed by atoms with Crippen LogP contribution in [-0.2, 0) is 22.6 Å². The molecule has 0 aliphatic carbocycles. The number of carbonyl (C=O) groups excluding carboxylic acids is 2. The third-order valence-electron chi connectivity index (χ3n) is 5.89. The maximum Gasteiger partial charge on any atom is 0.338 e. The number of esters is 1. The van der Waals surface area contributed by atoms with Crippen LogP contribution in [-0.4, -0.2) is 42.8 Å². The molecule has 1 amide bonds. The number of rotatable bonds is 7. The van der Waals surface area contributed by atoms with Gasteiger partial charge in [-0.1, -0.05) is 12.1 Å². The smallest absolute Gasteiger partial charge is 0.338 e. The molecule has 0 saturated carbocycles. The number of benzene rings is 2. The molecule has 4 rings (SSSR count). The van der Waals surface area contributed by atoms with Crippen LogP contribution in [0.5, 0.6) is 5.75 Å². The molecule has 9 heteroatoms. The number of hydrogen-bond acceptors (Lipinski definition) is 7. The van der Waals surface area contributed by atoms with Gasteiger partial charge < -0.3 is 20.2 Å². The van der Waals surface area contributed by atoms with Gasteiger partial charge in [0.05, 0.1) is 24.3 Å². The highest BCUT2D eigenvalue weighted by atomic mass is 16.5. The minimum Gasteiger partial charge on any atom is -0.493 e. The Labute approximate surface area is 186 Å². The van der Waals surface area contributed by atoms with Crippen molar-refractivity contribution in [3.05, 3.63) is 59.2 Å². The van der Waals surface area contributed by atoms with Crippen LogP contribution in [0.3, 0.4) is 0 Å². The second-order valence-corrected chi connectivity index (χ2v) is 8.05. The van der Waals surface area contributed by atoms with Gasteiger partial charge in [0, 0.05) is 18.7 Å². The number of amides is 1. The van der Waals surface area contributed by atoms with Crippen LogP contribution in [0, 0.1) is 5.92 Å². The zero-order valence-electron chi connectivity index (χ0n) is 17.8. The summed E-state index contributed by atoms with van der Waals surface area (Å²) in [5.41, 5.74) is 3.15. The van der Waals surface area contributed by atoms with Gasteiger partial charge in [0.1, 0.15) is 18.7 Å². The first-order valence-electron chi connectivity index (χ1n) is 10.6. The average molecular weight is 438 g/mol. The van der Waals surface area contributed by atoms with E-state index in [9.17, 15) is 9.59 Å². The summed E-state index contributed by atoms with van der Waals surface area (Å²) in [4.78, 5) is 26.1. The zero-order chi connectivity index (χ0) is 22.5. The van der Waals surface area contributed by atoms with Crippen molar-refractivity contribution >= 4 is 23.9 Å². The number of hydrazine groups is 1. The van der Waals surface area contributed by atoms with Crippen LogP contribution >= 0.6 is 0 Å². The molecule has 0 aromatic heterocycles. The van der Waals surface area contributed by atoms with Crippen LogP contribution in [0.25, 0.3) is 0 Å². The Kier molecular flexibility index (Phi) is 6.55. The molecular formula is C23H27N5O4. The molecule has 0 bridgehead atoms. The average Bonchev–Trinajstić information content (AvgIpc) is 3.18. The first kappa shape index (κ1) is 21.6. The van der Waals surface area contributed by atoms with E-state index in [0.29, 0.717) is 31.1 Å². The standard InChI is InChI=1S/C23H27N5O4/c24-26-15-28(25)19-3-1-16(2-4-19)11-22(29)27-9-7-17(8-10-27)13-31-20-5-6-21-18(12-20)14-32-23(21)30/h1-6,12,15,17H,7-11,13-14,24-25H2/b26-15-. The number of carbonyl (C=O) groups is 2. The van der Waals surface area contributed by atoms with E-state index in [1.807, 2.05) is 41.3 Å². The Morgan fingerprint density at radius 3 is 2.69 bits per heavy atom. The largest absolute Gasteiger partial charge is 0.493 e. The lowest BCUT2D eigenvalue weighted by atomic mass is 9.97. The molecule has 2 aliphatic rings. The predicted octanol–water partition coefficient (Wildman–Crippen LogP) is 1.80. The molecule has 1 fully saturated rings. The van der Waals surface area contributed by atoms with Crippen molar-refractivity contribution < 1.29 is 19.1 Å². The normalized spacial score (nSPS) is 16.2. The molecule has 32 heavy (non-hydrogen) atoms. The maximum absolute atomic E-state index is 12.7. The Morgan fingerprint density at radius 2 is 1.97 bits per heavy atom. The molecule has 9 nitrogen and oxygen atoms in total. The number of fused-ring (bicyclic) bond motifs is 1. The van der Waals surface area contributed by atoms with E-state index in [4.69, 9.17) is 21.2 Å². The number of hydrazone groups is 1. The molecule has 2 aromatic rings. The highest BCUT2D eigenvalue weighted by molar-refractivity contribution is 5.93. The highest BCUT2D eigenvalue weighted by Gasteiger charge is 2.24. The zero-order valence-corrected chi connectivity index (χ0v) is 17.8. The Bertz CT molecular complexity index is 1000. The van der Waals surface area contributed by atoms with Crippen LogP contribution in [0.15, 0.2) is 47.6 Å². The first-order chi connectivity index (χ1) is 15.5. The van der Waals surface area contributed by atoms with Gasteiger partial charge in [-0.05, 0) is 54.7 Å². The molecule has 168 valence electrons. The van der Waals surface area contributed by atoms with Crippen LogP contribution < -0.4 is 21.4 Å². The number of nitrogens with two attached hydrogens (primary N) is 2. The second-order valence-electron chi connectivity index (χ2n) is 8.05. The number of nitrogens with zero attached hydrogens (tertiary/aromatic N) is 3. The van der Waals surface area contributed by atoms with Gasteiger partial charge in [-0.2, -0.15) is 5.10 Å². The van der Waals surface area contributed by atoms with Gasteiger partial charge in [0.25, 0.3) is 0 Å². The molecule has 0 atom stereocenters. The number of piperidine rings is 1. The van der Waals surface area contributed by atoms with Crippen molar-refractivity contribution in [2.45, 2.75) is 25.9 Å². The van der Waals surface area contributed by atoms with Crippen LogP contribution in [0.1, 0.15) is 34.3 Å². The fourth-order valence-electron chi connectivity index (χ4n) is 3.97. The number of anilines is 1. The van der Waals surface area contributed by atoms with Gasteiger partial charge in [-0.3, -0.25) is 9.80 Å². The van der Waals surface area contributed by atoms with E-state index in [2.05, 4.69) is 5.10 Å². The third-order valence-corrected chi connectivity index (χ3v) is 5.89. The minimum absolute atomic E-state index is 0.119. The highest BCUT2D eigenvalue weighted by Crippen LogP contribution is 2.26. The first-order valence-corrected chi connectivity index (χ1v) is 10.6. The molecule has 2 aromatic carbocycles. The SMILES string of the molecule is N/N=C\N(N)c1ccc(CC(=O)N2CCC(COc3ccc4c(c3)COC4=O)CC2)cc1. The van der Waals surface area contributed by atoms with Crippen LogP contribution in [0.2, 0.25) is 0 Å². The number of ether oxygens (including phenoxy) is 2. The number of cyclic esters (lactones) is 1.